The summed E-state index contributed by atoms with van der Waals surface area (Å²) in [7, 11) is 0. The van der Waals surface area contributed by atoms with Crippen LogP contribution in [0.1, 0.15) is 24.1 Å². The summed E-state index contributed by atoms with van der Waals surface area (Å²) >= 11 is 0. The van der Waals surface area contributed by atoms with Gasteiger partial charge in [0, 0.05) is 12.2 Å². The third-order valence-corrected chi connectivity index (χ3v) is 3.01. The van der Waals surface area contributed by atoms with Crippen LogP contribution >= 0.6 is 0 Å². The second kappa shape index (κ2) is 5.54. The average molecular weight is 241 g/mol. The van der Waals surface area contributed by atoms with Crippen molar-refractivity contribution < 1.29 is 0 Å². The Morgan fingerprint density at radius 2 is 1.89 bits per heavy atom. The zero-order valence-corrected chi connectivity index (χ0v) is 10.9. The molecule has 1 aromatic carbocycles. The van der Waals surface area contributed by atoms with Crippen LogP contribution in [0, 0.1) is 6.92 Å². The highest BCUT2D eigenvalue weighted by Gasteiger charge is 2.06. The molecule has 0 bridgehead atoms. The van der Waals surface area contributed by atoms with Gasteiger partial charge in [0.2, 0.25) is 0 Å². The molecule has 1 unspecified atom stereocenters. The molecule has 0 aliphatic carbocycles. The minimum absolute atomic E-state index is 0.424. The molecule has 3 heteroatoms. The molecule has 0 spiro atoms. The predicted molar refractivity (Wildman–Crippen MR) is 76.7 cm³/mol. The Labute approximate surface area is 108 Å². The van der Waals surface area contributed by atoms with Crippen LogP contribution in [-0.2, 0) is 0 Å². The Bertz CT molecular complexity index is 508. The number of rotatable bonds is 4. The van der Waals surface area contributed by atoms with E-state index in [9.17, 15) is 0 Å². The highest BCUT2D eigenvalue weighted by atomic mass is 15.0. The number of hydrogen-bond donors (Lipinski definition) is 2. The third-order valence-electron chi connectivity index (χ3n) is 3.01. The van der Waals surface area contributed by atoms with Crippen LogP contribution in [0.3, 0.4) is 0 Å². The highest BCUT2D eigenvalue weighted by Crippen LogP contribution is 2.19. The van der Waals surface area contributed by atoms with E-state index in [0.29, 0.717) is 11.6 Å². The van der Waals surface area contributed by atoms with Crippen molar-refractivity contribution in [3.05, 3.63) is 53.7 Å². The standard InChI is InChI=1S/C15H19N3/c1-11(13-6-4-3-5-7-13)10-17-15-14(16)9-8-12(2)18-15/h3-9,11H,10,16H2,1-2H3,(H,17,18). The maximum Gasteiger partial charge on any atom is 0.149 e. The van der Waals surface area contributed by atoms with E-state index >= 15 is 0 Å². The molecular weight excluding hydrogens is 222 g/mol. The van der Waals surface area contributed by atoms with E-state index in [-0.39, 0.29) is 0 Å². The number of nitrogens with zero attached hydrogens (tertiary/aromatic N) is 1. The van der Waals surface area contributed by atoms with Crippen molar-refractivity contribution in [1.29, 1.82) is 0 Å². The lowest BCUT2D eigenvalue weighted by Crippen LogP contribution is -2.12. The highest BCUT2D eigenvalue weighted by molar-refractivity contribution is 5.61. The number of aromatic nitrogens is 1. The van der Waals surface area contributed by atoms with Crippen LogP contribution in [0.15, 0.2) is 42.5 Å². The van der Waals surface area contributed by atoms with Crippen molar-refractivity contribution in [3.63, 3.8) is 0 Å². The van der Waals surface area contributed by atoms with Crippen molar-refractivity contribution in [3.8, 4) is 0 Å². The molecule has 94 valence electrons. The molecule has 1 heterocycles. The number of aryl methyl sites for hydroxylation is 1. The van der Waals surface area contributed by atoms with Crippen molar-refractivity contribution >= 4 is 11.5 Å². The lowest BCUT2D eigenvalue weighted by Gasteiger charge is -2.14. The number of nitrogens with one attached hydrogen (secondary N) is 1. The van der Waals surface area contributed by atoms with Gasteiger partial charge in [-0.25, -0.2) is 4.98 Å². The summed E-state index contributed by atoms with van der Waals surface area (Å²) in [5.74, 6) is 1.20. The van der Waals surface area contributed by atoms with E-state index in [2.05, 4.69) is 41.5 Å². The first-order valence-corrected chi connectivity index (χ1v) is 6.19. The second-order valence-corrected chi connectivity index (χ2v) is 4.58. The number of pyridine rings is 1. The Kier molecular flexibility index (Phi) is 3.82. The van der Waals surface area contributed by atoms with Crippen LogP contribution in [0.2, 0.25) is 0 Å². The first-order chi connectivity index (χ1) is 8.66. The average Bonchev–Trinajstić information content (AvgIpc) is 2.40. The topological polar surface area (TPSA) is 50.9 Å². The fourth-order valence-corrected chi connectivity index (χ4v) is 1.86. The third kappa shape index (κ3) is 3.00. The Morgan fingerprint density at radius 3 is 2.61 bits per heavy atom. The summed E-state index contributed by atoms with van der Waals surface area (Å²) in [5.41, 5.74) is 8.87. The van der Waals surface area contributed by atoms with E-state index < -0.39 is 0 Å². The van der Waals surface area contributed by atoms with E-state index in [0.717, 1.165) is 18.1 Å². The number of hydrogen-bond acceptors (Lipinski definition) is 3. The summed E-state index contributed by atoms with van der Waals surface area (Å²) in [6.07, 6.45) is 0. The van der Waals surface area contributed by atoms with Crippen molar-refractivity contribution in [2.24, 2.45) is 0 Å². The van der Waals surface area contributed by atoms with Crippen molar-refractivity contribution in [2.75, 3.05) is 17.6 Å². The van der Waals surface area contributed by atoms with Gasteiger partial charge in [-0.05, 0) is 30.5 Å². The Hall–Kier alpha value is -2.03. The minimum Gasteiger partial charge on any atom is -0.396 e. The van der Waals surface area contributed by atoms with Crippen LogP contribution in [0.25, 0.3) is 0 Å². The molecule has 3 nitrogen and oxygen atoms in total. The fourth-order valence-electron chi connectivity index (χ4n) is 1.86. The number of anilines is 2. The molecule has 0 fully saturated rings. The lowest BCUT2D eigenvalue weighted by atomic mass is 10.0. The van der Waals surface area contributed by atoms with Crippen LogP contribution < -0.4 is 11.1 Å². The van der Waals surface area contributed by atoms with Gasteiger partial charge in [0.05, 0.1) is 5.69 Å². The van der Waals surface area contributed by atoms with E-state index in [1.165, 1.54) is 5.56 Å². The van der Waals surface area contributed by atoms with Gasteiger partial charge in [-0.3, -0.25) is 0 Å². The molecule has 18 heavy (non-hydrogen) atoms. The zero-order chi connectivity index (χ0) is 13.0. The molecule has 2 aromatic rings. The normalized spacial score (nSPS) is 12.1. The van der Waals surface area contributed by atoms with Gasteiger partial charge in [-0.1, -0.05) is 37.3 Å². The quantitative estimate of drug-likeness (QED) is 0.864. The number of benzene rings is 1. The van der Waals surface area contributed by atoms with E-state index in [1.54, 1.807) is 0 Å². The van der Waals surface area contributed by atoms with Crippen LogP contribution in [-0.4, -0.2) is 11.5 Å². The van der Waals surface area contributed by atoms with Gasteiger partial charge in [0.25, 0.3) is 0 Å². The maximum atomic E-state index is 5.89. The first kappa shape index (κ1) is 12.4. The summed E-state index contributed by atoms with van der Waals surface area (Å²) in [6.45, 7) is 4.98. The summed E-state index contributed by atoms with van der Waals surface area (Å²) in [4.78, 5) is 4.40. The van der Waals surface area contributed by atoms with Gasteiger partial charge in [-0.15, -0.1) is 0 Å². The summed E-state index contributed by atoms with van der Waals surface area (Å²) in [6, 6.07) is 14.2. The molecule has 0 amide bonds. The minimum atomic E-state index is 0.424. The molecule has 0 saturated carbocycles. The zero-order valence-electron chi connectivity index (χ0n) is 10.9. The second-order valence-electron chi connectivity index (χ2n) is 4.58. The van der Waals surface area contributed by atoms with Crippen LogP contribution in [0.5, 0.6) is 0 Å². The first-order valence-electron chi connectivity index (χ1n) is 6.19. The molecule has 1 aromatic heterocycles. The van der Waals surface area contributed by atoms with Crippen molar-refractivity contribution in [2.45, 2.75) is 19.8 Å². The van der Waals surface area contributed by atoms with Crippen molar-refractivity contribution in [1.82, 2.24) is 4.98 Å². The molecule has 0 aliphatic heterocycles. The molecule has 0 saturated heterocycles. The molecule has 0 radical (unpaired) electrons. The maximum absolute atomic E-state index is 5.89. The number of nitrogen functional groups attached to an aromatic ring is 1. The monoisotopic (exact) mass is 241 g/mol. The van der Waals surface area contributed by atoms with Gasteiger partial charge in [-0.2, -0.15) is 0 Å². The predicted octanol–water partition coefficient (Wildman–Crippen LogP) is 3.19. The van der Waals surface area contributed by atoms with Gasteiger partial charge in [0.15, 0.2) is 0 Å². The molecule has 1 atom stereocenters. The van der Waals surface area contributed by atoms with E-state index in [4.69, 9.17) is 5.73 Å². The molecule has 3 N–H and O–H groups in total. The molecule has 0 aliphatic rings. The SMILES string of the molecule is Cc1ccc(N)c(NCC(C)c2ccccc2)n1. The Morgan fingerprint density at radius 1 is 1.17 bits per heavy atom. The molecular formula is C15H19N3. The fraction of sp³-hybridized carbons (Fsp3) is 0.267. The van der Waals surface area contributed by atoms with Crippen LogP contribution in [0.4, 0.5) is 11.5 Å². The number of nitrogens with two attached hydrogens (primary N) is 1. The van der Waals surface area contributed by atoms with Gasteiger partial charge >= 0.3 is 0 Å². The lowest BCUT2D eigenvalue weighted by molar-refractivity contribution is 0.801. The molecule has 2 rings (SSSR count). The Balaban J connectivity index is 2.01. The van der Waals surface area contributed by atoms with Gasteiger partial charge < -0.3 is 11.1 Å². The smallest absolute Gasteiger partial charge is 0.149 e. The van der Waals surface area contributed by atoms with Gasteiger partial charge in [0.1, 0.15) is 5.82 Å². The van der Waals surface area contributed by atoms with E-state index in [1.807, 2.05) is 25.1 Å². The summed E-state index contributed by atoms with van der Waals surface area (Å²) < 4.78 is 0. The largest absolute Gasteiger partial charge is 0.396 e. The summed E-state index contributed by atoms with van der Waals surface area (Å²) in [5, 5.41) is 3.32.